The molecule has 2 aromatic carbocycles. The third-order valence-corrected chi connectivity index (χ3v) is 3.24. The largest absolute Gasteiger partial charge is 0.381 e. The number of nitrogens with one attached hydrogen (secondary N) is 1. The van der Waals surface area contributed by atoms with Gasteiger partial charge in [-0.15, -0.1) is 0 Å². The van der Waals surface area contributed by atoms with Crippen LogP contribution in [0.5, 0.6) is 0 Å². The van der Waals surface area contributed by atoms with Crippen molar-refractivity contribution in [2.24, 2.45) is 0 Å². The molecule has 0 amide bonds. The van der Waals surface area contributed by atoms with E-state index in [0.717, 1.165) is 11.4 Å². The third kappa shape index (κ3) is 3.20. The molecule has 0 unspecified atom stereocenters. The molecule has 0 saturated carbocycles. The van der Waals surface area contributed by atoms with Crippen LogP contribution in [-0.2, 0) is 6.54 Å². The first-order chi connectivity index (χ1) is 10.2. The van der Waals surface area contributed by atoms with Crippen molar-refractivity contribution in [1.82, 2.24) is 15.0 Å². The second-order valence-electron chi connectivity index (χ2n) is 4.45. The first-order valence-electron chi connectivity index (χ1n) is 6.37. The molecule has 106 valence electrons. The Bertz CT molecular complexity index is 726. The Morgan fingerprint density at radius 1 is 1.05 bits per heavy atom. The molecule has 0 radical (unpaired) electrons. The molecule has 3 rings (SSSR count). The highest BCUT2D eigenvalue weighted by molar-refractivity contribution is 6.30. The summed E-state index contributed by atoms with van der Waals surface area (Å²) in [6.45, 7) is 0.367. The minimum Gasteiger partial charge on any atom is -0.381 e. The van der Waals surface area contributed by atoms with Gasteiger partial charge in [0.1, 0.15) is 5.82 Å². The van der Waals surface area contributed by atoms with Crippen molar-refractivity contribution in [3.8, 4) is 5.69 Å². The Balaban J connectivity index is 1.70. The van der Waals surface area contributed by atoms with Crippen LogP contribution < -0.4 is 5.32 Å². The predicted octanol–water partition coefficient (Wildman–Crippen LogP) is 3.67. The van der Waals surface area contributed by atoms with Gasteiger partial charge in [-0.25, -0.2) is 4.39 Å². The van der Waals surface area contributed by atoms with Gasteiger partial charge in [0.25, 0.3) is 0 Å². The quantitative estimate of drug-likeness (QED) is 0.799. The summed E-state index contributed by atoms with van der Waals surface area (Å²) in [5, 5.41) is 11.8. The van der Waals surface area contributed by atoms with Crippen molar-refractivity contribution < 1.29 is 4.39 Å². The van der Waals surface area contributed by atoms with Gasteiger partial charge in [0, 0.05) is 22.8 Å². The zero-order valence-corrected chi connectivity index (χ0v) is 11.8. The lowest BCUT2D eigenvalue weighted by Gasteiger charge is -2.08. The third-order valence-electron chi connectivity index (χ3n) is 3.01. The smallest absolute Gasteiger partial charge is 0.128 e. The number of hydrogen-bond acceptors (Lipinski definition) is 3. The highest BCUT2D eigenvalue weighted by Crippen LogP contribution is 2.17. The van der Waals surface area contributed by atoms with Crippen LogP contribution in [0.1, 0.15) is 5.56 Å². The highest BCUT2D eigenvalue weighted by atomic mass is 35.5. The molecular weight excluding hydrogens is 291 g/mol. The summed E-state index contributed by atoms with van der Waals surface area (Å²) in [5.41, 5.74) is 2.27. The van der Waals surface area contributed by atoms with Crippen molar-refractivity contribution in [3.05, 3.63) is 71.3 Å². The molecule has 1 N–H and O–H groups in total. The molecule has 1 heterocycles. The maximum absolute atomic E-state index is 13.6. The normalized spacial score (nSPS) is 10.6. The van der Waals surface area contributed by atoms with E-state index in [0.29, 0.717) is 17.1 Å². The summed E-state index contributed by atoms with van der Waals surface area (Å²) in [6.07, 6.45) is 3.24. The Hall–Kier alpha value is -2.40. The van der Waals surface area contributed by atoms with Gasteiger partial charge in [-0.05, 0) is 42.5 Å². The summed E-state index contributed by atoms with van der Waals surface area (Å²) in [4.78, 5) is 1.53. The van der Waals surface area contributed by atoms with Gasteiger partial charge in [0.15, 0.2) is 0 Å². The fourth-order valence-corrected chi connectivity index (χ4v) is 2.13. The van der Waals surface area contributed by atoms with Gasteiger partial charge in [-0.3, -0.25) is 0 Å². The monoisotopic (exact) mass is 302 g/mol. The zero-order valence-electron chi connectivity index (χ0n) is 11.0. The van der Waals surface area contributed by atoms with Crippen LogP contribution in [0.2, 0.25) is 5.02 Å². The number of rotatable bonds is 4. The van der Waals surface area contributed by atoms with E-state index < -0.39 is 0 Å². The molecule has 21 heavy (non-hydrogen) atoms. The molecule has 0 saturated heterocycles. The van der Waals surface area contributed by atoms with Gasteiger partial charge < -0.3 is 5.32 Å². The van der Waals surface area contributed by atoms with Crippen molar-refractivity contribution in [1.29, 1.82) is 0 Å². The van der Waals surface area contributed by atoms with Crippen molar-refractivity contribution in [2.75, 3.05) is 5.32 Å². The first kappa shape index (κ1) is 13.6. The summed E-state index contributed by atoms with van der Waals surface area (Å²) in [5.74, 6) is -0.274. The number of anilines is 1. The predicted molar refractivity (Wildman–Crippen MR) is 80.1 cm³/mol. The van der Waals surface area contributed by atoms with Crippen LogP contribution in [0.3, 0.4) is 0 Å². The van der Waals surface area contributed by atoms with E-state index in [1.165, 1.54) is 16.9 Å². The van der Waals surface area contributed by atoms with Crippen LogP contribution in [0.25, 0.3) is 5.69 Å². The van der Waals surface area contributed by atoms with Crippen molar-refractivity contribution in [3.63, 3.8) is 0 Å². The standard InChI is InChI=1S/C15H12ClFN4/c16-12-1-6-15(17)11(9-12)10-18-13-2-4-14(5-3-13)21-19-7-8-20-21/h1-9,18H,10H2. The van der Waals surface area contributed by atoms with Crippen LogP contribution in [-0.4, -0.2) is 15.0 Å². The second kappa shape index (κ2) is 5.93. The molecule has 4 nitrogen and oxygen atoms in total. The molecule has 1 aromatic heterocycles. The van der Waals surface area contributed by atoms with E-state index in [1.807, 2.05) is 24.3 Å². The number of aromatic nitrogens is 3. The second-order valence-corrected chi connectivity index (χ2v) is 4.89. The molecule has 0 atom stereocenters. The van der Waals surface area contributed by atoms with Crippen molar-refractivity contribution >= 4 is 17.3 Å². The van der Waals surface area contributed by atoms with Crippen LogP contribution in [0, 0.1) is 5.82 Å². The zero-order chi connectivity index (χ0) is 14.7. The maximum atomic E-state index is 13.6. The van der Waals surface area contributed by atoms with Crippen LogP contribution in [0.15, 0.2) is 54.9 Å². The topological polar surface area (TPSA) is 42.7 Å². The van der Waals surface area contributed by atoms with Gasteiger partial charge in [0.2, 0.25) is 0 Å². The van der Waals surface area contributed by atoms with E-state index in [1.54, 1.807) is 18.5 Å². The SMILES string of the molecule is Fc1ccc(Cl)cc1CNc1ccc(-n2nccn2)cc1. The van der Waals surface area contributed by atoms with Crippen LogP contribution >= 0.6 is 11.6 Å². The van der Waals surface area contributed by atoms with E-state index >= 15 is 0 Å². The van der Waals surface area contributed by atoms with E-state index in [4.69, 9.17) is 11.6 Å². The van der Waals surface area contributed by atoms with Gasteiger partial charge in [0.05, 0.1) is 18.1 Å². The summed E-state index contributed by atoms with van der Waals surface area (Å²) in [7, 11) is 0. The van der Waals surface area contributed by atoms with Gasteiger partial charge >= 0.3 is 0 Å². The number of hydrogen-bond donors (Lipinski definition) is 1. The maximum Gasteiger partial charge on any atom is 0.128 e. The number of halogens is 2. The Morgan fingerprint density at radius 2 is 1.76 bits per heavy atom. The Kier molecular flexibility index (Phi) is 3.83. The average Bonchev–Trinajstić information content (AvgIpc) is 3.03. The Labute approximate surface area is 126 Å². The number of nitrogens with zero attached hydrogens (tertiary/aromatic N) is 3. The molecule has 3 aromatic rings. The molecule has 6 heteroatoms. The summed E-state index contributed by atoms with van der Waals surface area (Å²) in [6, 6.07) is 12.1. The Morgan fingerprint density at radius 3 is 2.48 bits per heavy atom. The van der Waals surface area contributed by atoms with E-state index in [9.17, 15) is 4.39 Å². The molecule has 0 fully saturated rings. The van der Waals surface area contributed by atoms with Gasteiger partial charge in [-0.1, -0.05) is 11.6 Å². The number of benzene rings is 2. The average molecular weight is 303 g/mol. The summed E-state index contributed by atoms with van der Waals surface area (Å²) < 4.78 is 13.6. The molecule has 0 aliphatic heterocycles. The fraction of sp³-hybridized carbons (Fsp3) is 0.0667. The molecule has 0 aliphatic carbocycles. The van der Waals surface area contributed by atoms with E-state index in [2.05, 4.69) is 15.5 Å². The molecule has 0 aliphatic rings. The lowest BCUT2D eigenvalue weighted by molar-refractivity contribution is 0.613. The first-order valence-corrected chi connectivity index (χ1v) is 6.75. The lowest BCUT2D eigenvalue weighted by atomic mass is 10.2. The fourth-order valence-electron chi connectivity index (χ4n) is 1.94. The van der Waals surface area contributed by atoms with Crippen molar-refractivity contribution in [2.45, 2.75) is 6.54 Å². The van der Waals surface area contributed by atoms with Crippen LogP contribution in [0.4, 0.5) is 10.1 Å². The summed E-state index contributed by atoms with van der Waals surface area (Å²) >= 11 is 5.87. The minimum absolute atomic E-state index is 0.274. The lowest BCUT2D eigenvalue weighted by Crippen LogP contribution is -2.03. The highest BCUT2D eigenvalue weighted by Gasteiger charge is 2.03. The molecular formula is C15H12ClFN4. The van der Waals surface area contributed by atoms with E-state index in [-0.39, 0.29) is 5.82 Å². The minimum atomic E-state index is -0.274. The molecule has 0 spiro atoms. The molecule has 0 bridgehead atoms. The van der Waals surface area contributed by atoms with Gasteiger partial charge in [-0.2, -0.15) is 15.0 Å².